The highest BCUT2D eigenvalue weighted by atomic mass is 32.2. The first-order valence-corrected chi connectivity index (χ1v) is 12.2. The second-order valence-electron chi connectivity index (χ2n) is 7.58. The lowest BCUT2D eigenvalue weighted by Gasteiger charge is -2.13. The quantitative estimate of drug-likeness (QED) is 0.308. The van der Waals surface area contributed by atoms with Crippen LogP contribution in [0.3, 0.4) is 0 Å². The summed E-state index contributed by atoms with van der Waals surface area (Å²) in [6.07, 6.45) is -5.72. The van der Waals surface area contributed by atoms with Gasteiger partial charge in [0.05, 0.1) is 31.4 Å². The third-order valence-electron chi connectivity index (χ3n) is 4.98. The smallest absolute Gasteiger partial charge is 0.433 e. The summed E-state index contributed by atoms with van der Waals surface area (Å²) in [5.74, 6) is -2.95. The van der Waals surface area contributed by atoms with E-state index < -0.39 is 56.6 Å². The third-order valence-corrected chi connectivity index (χ3v) is 6.54. The largest absolute Gasteiger partial charge is 0.493 e. The van der Waals surface area contributed by atoms with E-state index >= 15 is 0 Å². The highest BCUT2D eigenvalue weighted by Crippen LogP contribution is 2.35. The van der Waals surface area contributed by atoms with Gasteiger partial charge < -0.3 is 14.8 Å². The van der Waals surface area contributed by atoms with Gasteiger partial charge in [0.25, 0.3) is 0 Å². The number of alkyl halides is 3. The number of methoxy groups -OCH3 is 2. The van der Waals surface area contributed by atoms with Crippen LogP contribution in [-0.4, -0.2) is 44.3 Å². The summed E-state index contributed by atoms with van der Waals surface area (Å²) in [4.78, 5) is 19.1. The fourth-order valence-corrected chi connectivity index (χ4v) is 4.35. The first-order valence-electron chi connectivity index (χ1n) is 10.5. The Bertz CT molecular complexity index is 1410. The first kappa shape index (κ1) is 27.8. The summed E-state index contributed by atoms with van der Waals surface area (Å²) < 4.78 is 103. The molecule has 3 rings (SSSR count). The number of carbonyl (C=O) groups excluding carboxylic acids is 1. The van der Waals surface area contributed by atoms with Crippen molar-refractivity contribution in [3.8, 4) is 22.8 Å². The van der Waals surface area contributed by atoms with Crippen LogP contribution in [0.25, 0.3) is 11.3 Å². The molecule has 37 heavy (non-hydrogen) atoms. The van der Waals surface area contributed by atoms with Gasteiger partial charge >= 0.3 is 6.18 Å². The summed E-state index contributed by atoms with van der Waals surface area (Å²) in [5, 5.41) is 1.09. The normalized spacial score (nSPS) is 11.8. The zero-order chi connectivity index (χ0) is 27.4. The molecule has 1 N–H and O–H groups in total. The van der Waals surface area contributed by atoms with Gasteiger partial charge in [0.1, 0.15) is 17.3 Å². The average Bonchev–Trinajstić information content (AvgIpc) is 2.84. The van der Waals surface area contributed by atoms with Gasteiger partial charge in [-0.2, -0.15) is 13.2 Å². The van der Waals surface area contributed by atoms with E-state index in [2.05, 4.69) is 15.3 Å². The fourth-order valence-electron chi connectivity index (χ4n) is 3.17. The number of anilines is 1. The molecule has 0 aliphatic carbocycles. The molecule has 0 spiro atoms. The van der Waals surface area contributed by atoms with Gasteiger partial charge in [-0.15, -0.1) is 0 Å². The number of hydrogen-bond acceptors (Lipinski definition) is 7. The first-order chi connectivity index (χ1) is 17.3. The minimum atomic E-state index is -4.97. The summed E-state index contributed by atoms with van der Waals surface area (Å²) in [7, 11) is -1.78. The molecule has 1 amide bonds. The van der Waals surface area contributed by atoms with Gasteiger partial charge in [0, 0.05) is 18.1 Å². The second kappa shape index (κ2) is 11.1. The van der Waals surface area contributed by atoms with E-state index in [0.29, 0.717) is 17.9 Å². The molecule has 198 valence electrons. The Morgan fingerprint density at radius 2 is 1.68 bits per heavy atom. The van der Waals surface area contributed by atoms with Gasteiger partial charge in [-0.1, -0.05) is 0 Å². The molecule has 2 aromatic carbocycles. The van der Waals surface area contributed by atoms with Crippen molar-refractivity contribution in [2.45, 2.75) is 24.2 Å². The molecule has 0 bridgehead atoms. The SMILES string of the molecule is COc1ccc(-c2cc(C(F)(F)F)nc(S(=O)(=O)CCCC(=O)Nc3ccc(F)cc3F)n2)cc1OC. The van der Waals surface area contributed by atoms with Crippen LogP contribution in [0, 0.1) is 11.6 Å². The van der Waals surface area contributed by atoms with Crippen molar-refractivity contribution in [2.75, 3.05) is 25.3 Å². The predicted octanol–water partition coefficient (Wildman–Crippen LogP) is 4.65. The lowest BCUT2D eigenvalue weighted by atomic mass is 10.1. The lowest BCUT2D eigenvalue weighted by molar-refractivity contribution is -0.141. The molecule has 1 aromatic heterocycles. The monoisotopic (exact) mass is 545 g/mol. The van der Waals surface area contributed by atoms with Crippen LogP contribution in [0.1, 0.15) is 18.5 Å². The van der Waals surface area contributed by atoms with E-state index in [9.17, 15) is 35.2 Å². The molecule has 14 heteroatoms. The molecular weight excluding hydrogens is 525 g/mol. The standard InChI is InChI=1S/C23H20F5N3O5S/c1-35-18-8-5-13(10-19(18)36-2)17-12-20(23(26,27)28)31-22(30-17)37(33,34)9-3-4-21(32)29-16-7-6-14(24)11-15(16)25/h5-8,10-12H,3-4,9H2,1-2H3,(H,29,32). The van der Waals surface area contributed by atoms with E-state index in [1.54, 1.807) is 0 Å². The van der Waals surface area contributed by atoms with Crippen molar-refractivity contribution < 1.29 is 44.6 Å². The van der Waals surface area contributed by atoms with Crippen LogP contribution in [0.2, 0.25) is 0 Å². The number of sulfone groups is 1. The Morgan fingerprint density at radius 1 is 0.973 bits per heavy atom. The topological polar surface area (TPSA) is 107 Å². The van der Waals surface area contributed by atoms with Gasteiger partial charge in [0.2, 0.25) is 20.9 Å². The summed E-state index contributed by atoms with van der Waals surface area (Å²) in [5.41, 5.74) is -2.00. The molecule has 0 aliphatic heterocycles. The van der Waals surface area contributed by atoms with Crippen molar-refractivity contribution in [1.82, 2.24) is 9.97 Å². The number of benzene rings is 2. The number of nitrogens with one attached hydrogen (secondary N) is 1. The Hall–Kier alpha value is -3.81. The summed E-state index contributed by atoms with van der Waals surface area (Å²) in [6, 6.07) is 7.19. The van der Waals surface area contributed by atoms with Crippen LogP contribution >= 0.6 is 0 Å². The van der Waals surface area contributed by atoms with E-state index in [-0.39, 0.29) is 29.1 Å². The van der Waals surface area contributed by atoms with E-state index in [0.717, 1.165) is 12.1 Å². The molecule has 0 unspecified atom stereocenters. The number of aromatic nitrogens is 2. The Kier molecular flexibility index (Phi) is 8.31. The van der Waals surface area contributed by atoms with Crippen molar-refractivity contribution in [2.24, 2.45) is 0 Å². The highest BCUT2D eigenvalue weighted by molar-refractivity contribution is 7.91. The van der Waals surface area contributed by atoms with Crippen molar-refractivity contribution in [1.29, 1.82) is 0 Å². The van der Waals surface area contributed by atoms with Gasteiger partial charge in [-0.05, 0) is 42.8 Å². The van der Waals surface area contributed by atoms with Crippen molar-refractivity contribution in [3.63, 3.8) is 0 Å². The minimum Gasteiger partial charge on any atom is -0.493 e. The minimum absolute atomic E-state index is 0.114. The molecule has 0 atom stereocenters. The highest BCUT2D eigenvalue weighted by Gasteiger charge is 2.35. The maximum Gasteiger partial charge on any atom is 0.433 e. The Balaban J connectivity index is 1.83. The number of rotatable bonds is 9. The molecule has 0 fully saturated rings. The number of carbonyl (C=O) groups is 1. The Morgan fingerprint density at radius 3 is 2.30 bits per heavy atom. The van der Waals surface area contributed by atoms with Crippen molar-refractivity contribution >= 4 is 21.4 Å². The molecule has 0 radical (unpaired) electrons. The number of halogens is 5. The lowest BCUT2D eigenvalue weighted by Crippen LogP contribution is -2.18. The predicted molar refractivity (Wildman–Crippen MR) is 122 cm³/mol. The molecule has 0 saturated heterocycles. The van der Waals surface area contributed by atoms with Gasteiger partial charge in [-0.3, -0.25) is 4.79 Å². The van der Waals surface area contributed by atoms with Crippen LogP contribution in [-0.2, 0) is 20.8 Å². The third kappa shape index (κ3) is 6.90. The maximum atomic E-state index is 13.7. The zero-order valence-electron chi connectivity index (χ0n) is 19.4. The maximum absolute atomic E-state index is 13.7. The number of amides is 1. The molecule has 3 aromatic rings. The number of hydrogen-bond donors (Lipinski definition) is 1. The average molecular weight is 545 g/mol. The Labute approximate surface area is 208 Å². The fraction of sp³-hybridized carbons (Fsp3) is 0.261. The molecular formula is C23H20F5N3O5S. The molecule has 0 saturated carbocycles. The molecule has 1 heterocycles. The van der Waals surface area contributed by atoms with Crippen LogP contribution < -0.4 is 14.8 Å². The van der Waals surface area contributed by atoms with Crippen LogP contribution in [0.15, 0.2) is 47.6 Å². The second-order valence-corrected chi connectivity index (χ2v) is 9.59. The van der Waals surface area contributed by atoms with E-state index in [4.69, 9.17) is 9.47 Å². The van der Waals surface area contributed by atoms with Crippen molar-refractivity contribution in [3.05, 3.63) is 59.8 Å². The van der Waals surface area contributed by atoms with Gasteiger partial charge in [0.15, 0.2) is 11.5 Å². The zero-order valence-corrected chi connectivity index (χ0v) is 20.2. The number of nitrogens with zero attached hydrogens (tertiary/aromatic N) is 2. The number of ether oxygens (including phenoxy) is 2. The van der Waals surface area contributed by atoms with Crippen LogP contribution in [0.5, 0.6) is 11.5 Å². The van der Waals surface area contributed by atoms with E-state index in [1.807, 2.05) is 0 Å². The summed E-state index contributed by atoms with van der Waals surface area (Å²) >= 11 is 0. The van der Waals surface area contributed by atoms with Crippen LogP contribution in [0.4, 0.5) is 27.6 Å². The summed E-state index contributed by atoms with van der Waals surface area (Å²) in [6.45, 7) is 0. The van der Waals surface area contributed by atoms with E-state index in [1.165, 1.54) is 32.4 Å². The molecule has 8 nitrogen and oxygen atoms in total. The van der Waals surface area contributed by atoms with Gasteiger partial charge in [-0.25, -0.2) is 27.2 Å². The molecule has 0 aliphatic rings.